The zero-order valence-corrected chi connectivity index (χ0v) is 65.9. The maximum absolute atomic E-state index is 12.8. The van der Waals surface area contributed by atoms with Crippen LogP contribution in [0.2, 0.25) is 0 Å². The van der Waals surface area contributed by atoms with Crippen molar-refractivity contribution < 1.29 is 37.6 Å². The highest BCUT2D eigenvalue weighted by molar-refractivity contribution is 7.47. The van der Waals surface area contributed by atoms with Crippen molar-refractivity contribution in [3.8, 4) is 0 Å². The van der Waals surface area contributed by atoms with Gasteiger partial charge in [0.15, 0.2) is 6.10 Å². The Labute approximate surface area is 613 Å². The molecule has 2 atom stereocenters. The number of hydrogen-bond acceptors (Lipinski definition) is 8. The molecule has 10 heteroatoms. The van der Waals surface area contributed by atoms with Gasteiger partial charge >= 0.3 is 19.8 Å². The van der Waals surface area contributed by atoms with Gasteiger partial charge in [-0.05, 0) is 96.3 Å². The second kappa shape index (κ2) is 83.6. The third-order valence-corrected chi connectivity index (χ3v) is 19.6. The summed E-state index contributed by atoms with van der Waals surface area (Å²) in [5.74, 6) is -0.806. The van der Waals surface area contributed by atoms with E-state index < -0.39 is 26.5 Å². The standard InChI is InChI=1S/C89H160NO8P/c1-3-5-7-9-11-13-15-17-19-21-23-25-27-29-31-33-35-37-39-41-42-43-44-46-48-50-52-54-56-58-60-62-64-66-68-70-72-74-76-78-80-82-89(92)98-87(86-97-99(93,94)96-84-83-90)85-95-88(91)81-79-77-75-73-71-69-67-65-63-61-59-57-55-53-51-49-47-45-40-38-36-34-32-30-28-26-24-22-20-18-16-14-12-10-8-6-4-2/h5-8,11-14,17-20,23-26,29,31,87H,3-4,9-10,15-16,21-22,27-28,30,32-86,90H2,1-2H3,(H,93,94)/b7-5-,8-6-,13-11-,14-12-,19-17-,20-18-,25-23-,26-24-,31-29-. The van der Waals surface area contributed by atoms with E-state index in [0.29, 0.717) is 6.42 Å². The van der Waals surface area contributed by atoms with Gasteiger partial charge in [-0.3, -0.25) is 18.6 Å². The Kier molecular flexibility index (Phi) is 80.8. The minimum Gasteiger partial charge on any atom is -0.462 e. The van der Waals surface area contributed by atoms with Crippen molar-refractivity contribution in [3.63, 3.8) is 0 Å². The quantitative estimate of drug-likeness (QED) is 0.0264. The number of rotatable bonds is 80. The predicted octanol–water partition coefficient (Wildman–Crippen LogP) is 28.8. The number of carbonyl (C=O) groups is 2. The minimum absolute atomic E-state index is 0.0540. The van der Waals surface area contributed by atoms with E-state index in [2.05, 4.69) is 123 Å². The fraction of sp³-hybridized carbons (Fsp3) is 0.775. The van der Waals surface area contributed by atoms with E-state index in [4.69, 9.17) is 24.3 Å². The predicted molar refractivity (Wildman–Crippen MR) is 431 cm³/mol. The molecule has 0 aliphatic carbocycles. The Morgan fingerprint density at radius 2 is 0.525 bits per heavy atom. The number of unbranched alkanes of at least 4 members (excludes halogenated alkanes) is 49. The number of esters is 2. The molecule has 0 aliphatic rings. The van der Waals surface area contributed by atoms with Crippen LogP contribution in [0.4, 0.5) is 0 Å². The molecule has 0 heterocycles. The SMILES string of the molecule is CC/C=C\C/C=C\C/C=C\C/C=C\C/C=C\CCCCCCCCCCCCCCCCCCCCCCCCCCCC(=O)OC(COC(=O)CCCCCCCCCCCCCCCCCCCCCCCCCC/C=C\C/C=C\C/C=C\C/C=C\CC)COP(=O)(O)OCCN. The summed E-state index contributed by atoms with van der Waals surface area (Å²) < 4.78 is 33.3. The lowest BCUT2D eigenvalue weighted by atomic mass is 10.0. The van der Waals surface area contributed by atoms with Crippen LogP contribution >= 0.6 is 7.82 Å². The van der Waals surface area contributed by atoms with Gasteiger partial charge in [0.2, 0.25) is 0 Å². The summed E-state index contributed by atoms with van der Waals surface area (Å²) in [7, 11) is -4.40. The van der Waals surface area contributed by atoms with Gasteiger partial charge in [0.25, 0.3) is 0 Å². The number of carbonyl (C=O) groups excluding carboxylic acids is 2. The molecule has 574 valence electrons. The van der Waals surface area contributed by atoms with Crippen molar-refractivity contribution in [2.24, 2.45) is 5.73 Å². The first-order valence-corrected chi connectivity index (χ1v) is 43.9. The van der Waals surface area contributed by atoms with Crippen LogP contribution in [-0.4, -0.2) is 49.3 Å². The van der Waals surface area contributed by atoms with E-state index in [0.717, 1.165) is 89.9 Å². The summed E-state index contributed by atoms with van der Waals surface area (Å²) >= 11 is 0. The zero-order valence-electron chi connectivity index (χ0n) is 65.0. The van der Waals surface area contributed by atoms with Gasteiger partial charge in [0.05, 0.1) is 13.2 Å². The van der Waals surface area contributed by atoms with Crippen molar-refractivity contribution in [2.75, 3.05) is 26.4 Å². The van der Waals surface area contributed by atoms with E-state index in [1.807, 2.05) is 0 Å². The highest BCUT2D eigenvalue weighted by Crippen LogP contribution is 2.43. The molecule has 0 fully saturated rings. The van der Waals surface area contributed by atoms with E-state index in [9.17, 15) is 19.0 Å². The van der Waals surface area contributed by atoms with Crippen molar-refractivity contribution in [1.29, 1.82) is 0 Å². The Bertz CT molecular complexity index is 2000. The second-order valence-electron chi connectivity index (χ2n) is 28.3. The first-order valence-electron chi connectivity index (χ1n) is 42.4. The smallest absolute Gasteiger partial charge is 0.462 e. The largest absolute Gasteiger partial charge is 0.472 e. The van der Waals surface area contributed by atoms with Crippen molar-refractivity contribution in [2.45, 2.75) is 418 Å². The summed E-state index contributed by atoms with van der Waals surface area (Å²) in [4.78, 5) is 35.5. The summed E-state index contributed by atoms with van der Waals surface area (Å²) in [6.07, 6.45) is 117. The van der Waals surface area contributed by atoms with Gasteiger partial charge in [0.1, 0.15) is 6.61 Å². The molecule has 0 aromatic carbocycles. The van der Waals surface area contributed by atoms with Crippen LogP contribution in [0.1, 0.15) is 412 Å². The summed E-state index contributed by atoms with van der Waals surface area (Å²) in [5, 5.41) is 0. The lowest BCUT2D eigenvalue weighted by Gasteiger charge is -2.19. The van der Waals surface area contributed by atoms with Crippen LogP contribution < -0.4 is 5.73 Å². The molecule has 0 amide bonds. The molecule has 0 spiro atoms. The van der Waals surface area contributed by atoms with E-state index in [1.165, 1.54) is 289 Å². The number of phosphoric acid groups is 1. The van der Waals surface area contributed by atoms with Crippen LogP contribution in [-0.2, 0) is 32.7 Å². The Balaban J connectivity index is 3.74. The maximum Gasteiger partial charge on any atom is 0.472 e. The Morgan fingerprint density at radius 1 is 0.303 bits per heavy atom. The second-order valence-corrected chi connectivity index (χ2v) is 29.7. The van der Waals surface area contributed by atoms with Crippen molar-refractivity contribution in [1.82, 2.24) is 0 Å². The fourth-order valence-corrected chi connectivity index (χ4v) is 13.3. The molecule has 0 rings (SSSR count). The van der Waals surface area contributed by atoms with Gasteiger partial charge < -0.3 is 20.1 Å². The van der Waals surface area contributed by atoms with Gasteiger partial charge in [-0.1, -0.05) is 412 Å². The third kappa shape index (κ3) is 83.5. The molecule has 2 unspecified atom stereocenters. The molecule has 99 heavy (non-hydrogen) atoms. The molecular formula is C89H160NO8P. The molecular weight excluding hydrogens is 1240 g/mol. The van der Waals surface area contributed by atoms with Crippen LogP contribution in [0.3, 0.4) is 0 Å². The number of nitrogens with two attached hydrogens (primary N) is 1. The van der Waals surface area contributed by atoms with Crippen LogP contribution in [0.25, 0.3) is 0 Å². The van der Waals surface area contributed by atoms with Gasteiger partial charge in [-0.25, -0.2) is 4.57 Å². The first-order chi connectivity index (χ1) is 48.8. The van der Waals surface area contributed by atoms with Crippen LogP contribution in [0, 0.1) is 0 Å². The number of hydrogen-bond donors (Lipinski definition) is 2. The molecule has 0 radical (unpaired) electrons. The molecule has 3 N–H and O–H groups in total. The first kappa shape index (κ1) is 95.7. The normalized spacial score (nSPS) is 13.4. The Hall–Kier alpha value is -3.33. The average Bonchev–Trinajstić information content (AvgIpc) is 1.19. The van der Waals surface area contributed by atoms with Gasteiger partial charge in [-0.2, -0.15) is 0 Å². The summed E-state index contributed by atoms with van der Waals surface area (Å²) in [5.41, 5.74) is 5.42. The van der Waals surface area contributed by atoms with Crippen LogP contribution in [0.15, 0.2) is 109 Å². The highest BCUT2D eigenvalue weighted by Gasteiger charge is 2.26. The molecule has 0 saturated heterocycles. The third-order valence-electron chi connectivity index (χ3n) is 18.7. The maximum atomic E-state index is 12.8. The van der Waals surface area contributed by atoms with E-state index in [-0.39, 0.29) is 38.6 Å². The Morgan fingerprint density at radius 3 is 0.778 bits per heavy atom. The minimum atomic E-state index is -4.40. The topological polar surface area (TPSA) is 134 Å². The number of phosphoric ester groups is 1. The summed E-state index contributed by atoms with van der Waals surface area (Å²) in [6.45, 7) is 3.58. The van der Waals surface area contributed by atoms with E-state index in [1.54, 1.807) is 0 Å². The number of allylic oxidation sites excluding steroid dienone is 18. The van der Waals surface area contributed by atoms with Gasteiger partial charge in [0, 0.05) is 19.4 Å². The average molecular weight is 1400 g/mol. The number of ether oxygens (including phenoxy) is 2. The van der Waals surface area contributed by atoms with Crippen molar-refractivity contribution >= 4 is 19.8 Å². The molecule has 0 bridgehead atoms. The lowest BCUT2D eigenvalue weighted by Crippen LogP contribution is -2.29. The molecule has 0 aliphatic heterocycles. The fourth-order valence-electron chi connectivity index (χ4n) is 12.5. The lowest BCUT2D eigenvalue weighted by molar-refractivity contribution is -0.161. The van der Waals surface area contributed by atoms with Crippen LogP contribution in [0.5, 0.6) is 0 Å². The summed E-state index contributed by atoms with van der Waals surface area (Å²) in [6, 6.07) is 0. The molecule has 0 saturated carbocycles. The highest BCUT2D eigenvalue weighted by atomic mass is 31.2. The van der Waals surface area contributed by atoms with Crippen molar-refractivity contribution in [3.05, 3.63) is 109 Å². The molecule has 0 aromatic heterocycles. The zero-order chi connectivity index (χ0) is 71.5. The van der Waals surface area contributed by atoms with Gasteiger partial charge in [-0.15, -0.1) is 0 Å². The molecule has 0 aromatic rings. The van der Waals surface area contributed by atoms with E-state index >= 15 is 0 Å². The molecule has 9 nitrogen and oxygen atoms in total. The monoisotopic (exact) mass is 1400 g/mol.